The van der Waals surface area contributed by atoms with Crippen molar-refractivity contribution in [3.8, 4) is 0 Å². The van der Waals surface area contributed by atoms with E-state index < -0.39 is 6.04 Å². The molecule has 1 aliphatic heterocycles. The third kappa shape index (κ3) is 3.56. The van der Waals surface area contributed by atoms with Crippen molar-refractivity contribution in [2.24, 2.45) is 5.92 Å². The molecule has 1 aromatic rings. The van der Waals surface area contributed by atoms with E-state index in [0.717, 1.165) is 4.88 Å². The molecule has 0 radical (unpaired) electrons. The summed E-state index contributed by atoms with van der Waals surface area (Å²) < 4.78 is 5.16. The van der Waals surface area contributed by atoms with Gasteiger partial charge in [0.1, 0.15) is 0 Å². The summed E-state index contributed by atoms with van der Waals surface area (Å²) >= 11 is 1.52. The van der Waals surface area contributed by atoms with Gasteiger partial charge in [-0.1, -0.05) is 12.5 Å². The Balaban J connectivity index is 1.85. The first kappa shape index (κ1) is 16.0. The van der Waals surface area contributed by atoms with Crippen molar-refractivity contribution in [3.05, 3.63) is 33.7 Å². The number of carbonyl (C=O) groups excluding carboxylic acids is 2. The summed E-state index contributed by atoms with van der Waals surface area (Å²) in [5, 5.41) is 10.5. The maximum absolute atomic E-state index is 12.7. The molecule has 1 atom stereocenters. The lowest BCUT2D eigenvalue weighted by Gasteiger charge is -2.30. The molecule has 3 rings (SSSR count). The van der Waals surface area contributed by atoms with Crippen LogP contribution in [0.1, 0.15) is 30.2 Å². The molecule has 7 heteroatoms. The first-order chi connectivity index (χ1) is 11.2. The van der Waals surface area contributed by atoms with Gasteiger partial charge in [-0.25, -0.2) is 4.79 Å². The van der Waals surface area contributed by atoms with E-state index >= 15 is 0 Å². The lowest BCUT2D eigenvalue weighted by molar-refractivity contribution is -0.118. The molecule has 0 aromatic carbocycles. The molecule has 2 aliphatic rings. The lowest BCUT2D eigenvalue weighted by atomic mass is 9.85. The Bertz CT molecular complexity index is 608. The quantitative estimate of drug-likeness (QED) is 0.743. The monoisotopic (exact) mass is 335 g/mol. The van der Waals surface area contributed by atoms with E-state index in [1.165, 1.54) is 30.6 Å². The van der Waals surface area contributed by atoms with Crippen LogP contribution in [0.5, 0.6) is 0 Å². The Labute approximate surface area is 139 Å². The lowest BCUT2D eigenvalue weighted by Crippen LogP contribution is -2.48. The Morgan fingerprint density at radius 3 is 2.91 bits per heavy atom. The Morgan fingerprint density at radius 2 is 2.30 bits per heavy atom. The fourth-order valence-electron chi connectivity index (χ4n) is 2.84. The molecule has 2 heterocycles. The van der Waals surface area contributed by atoms with Crippen LogP contribution in [-0.4, -0.2) is 32.2 Å². The van der Waals surface area contributed by atoms with Crippen molar-refractivity contribution in [1.29, 1.82) is 0 Å². The minimum Gasteiger partial charge on any atom is -0.378 e. The van der Waals surface area contributed by atoms with E-state index in [-0.39, 0.29) is 18.5 Å². The number of rotatable bonds is 6. The van der Waals surface area contributed by atoms with Crippen LogP contribution in [0.15, 0.2) is 28.8 Å². The van der Waals surface area contributed by atoms with Crippen molar-refractivity contribution in [2.75, 3.05) is 20.3 Å². The topological polar surface area (TPSA) is 79.5 Å². The van der Waals surface area contributed by atoms with Gasteiger partial charge in [0.05, 0.1) is 23.9 Å². The predicted molar refractivity (Wildman–Crippen MR) is 88.0 cm³/mol. The fourth-order valence-corrected chi connectivity index (χ4v) is 3.63. The minimum atomic E-state index is -0.435. The molecule has 0 bridgehead atoms. The van der Waals surface area contributed by atoms with Crippen molar-refractivity contribution in [1.82, 2.24) is 16.0 Å². The fraction of sp³-hybridized carbons (Fsp3) is 0.500. The molecule has 1 fully saturated rings. The number of hydrogen-bond acceptors (Lipinski definition) is 4. The molecular weight excluding hydrogens is 314 g/mol. The van der Waals surface area contributed by atoms with Crippen LogP contribution in [-0.2, 0) is 9.53 Å². The second kappa shape index (κ2) is 7.14. The summed E-state index contributed by atoms with van der Waals surface area (Å²) in [7, 11) is 1.55. The van der Waals surface area contributed by atoms with Crippen molar-refractivity contribution in [3.63, 3.8) is 0 Å². The summed E-state index contributed by atoms with van der Waals surface area (Å²) in [6.07, 6.45) is 3.59. The number of methoxy groups -OCH3 is 1. The van der Waals surface area contributed by atoms with Gasteiger partial charge in [0.15, 0.2) is 0 Å². The summed E-state index contributed by atoms with van der Waals surface area (Å²) in [6.45, 7) is 0.884. The van der Waals surface area contributed by atoms with Gasteiger partial charge in [0.25, 0.3) is 5.91 Å². The summed E-state index contributed by atoms with van der Waals surface area (Å²) in [4.78, 5) is 25.6. The average molecular weight is 335 g/mol. The molecular formula is C16H21N3O3S. The summed E-state index contributed by atoms with van der Waals surface area (Å²) in [5.74, 6) is 0.437. The molecule has 0 spiro atoms. The van der Waals surface area contributed by atoms with Crippen LogP contribution in [0.25, 0.3) is 0 Å². The smallest absolute Gasteiger partial charge is 0.319 e. The Hall–Kier alpha value is -1.86. The highest BCUT2D eigenvalue weighted by Gasteiger charge is 2.33. The maximum atomic E-state index is 12.7. The highest BCUT2D eigenvalue weighted by molar-refractivity contribution is 7.10. The van der Waals surface area contributed by atoms with Crippen molar-refractivity contribution < 1.29 is 14.3 Å². The first-order valence-corrected chi connectivity index (χ1v) is 8.68. The molecule has 1 aliphatic carbocycles. The Morgan fingerprint density at radius 1 is 1.48 bits per heavy atom. The molecule has 3 N–H and O–H groups in total. The number of carbonyl (C=O) groups is 2. The predicted octanol–water partition coefficient (Wildman–Crippen LogP) is 1.92. The van der Waals surface area contributed by atoms with Gasteiger partial charge in [0.2, 0.25) is 0 Å². The van der Waals surface area contributed by atoms with E-state index in [2.05, 4.69) is 16.0 Å². The van der Waals surface area contributed by atoms with Gasteiger partial charge in [0, 0.05) is 18.5 Å². The van der Waals surface area contributed by atoms with Crippen LogP contribution in [0.4, 0.5) is 4.79 Å². The molecule has 6 nitrogen and oxygen atoms in total. The van der Waals surface area contributed by atoms with Gasteiger partial charge < -0.3 is 20.7 Å². The van der Waals surface area contributed by atoms with Crippen LogP contribution in [0, 0.1) is 5.92 Å². The third-order valence-electron chi connectivity index (χ3n) is 4.29. The number of urea groups is 1. The van der Waals surface area contributed by atoms with Gasteiger partial charge >= 0.3 is 6.03 Å². The largest absolute Gasteiger partial charge is 0.378 e. The third-order valence-corrected chi connectivity index (χ3v) is 5.23. The molecule has 1 unspecified atom stereocenters. The summed E-state index contributed by atoms with van der Waals surface area (Å²) in [5.41, 5.74) is 1.06. The zero-order valence-corrected chi connectivity index (χ0v) is 13.9. The molecule has 23 heavy (non-hydrogen) atoms. The second-order valence-electron chi connectivity index (χ2n) is 5.88. The van der Waals surface area contributed by atoms with E-state index in [1.807, 2.05) is 17.5 Å². The minimum absolute atomic E-state index is 0.144. The SMILES string of the molecule is COCC1=C(C(=O)NCC2CCC2)C(c2cccs2)NC(=O)N1. The number of ether oxygens (including phenoxy) is 1. The van der Waals surface area contributed by atoms with Gasteiger partial charge in [-0.15, -0.1) is 11.3 Å². The molecule has 1 saturated carbocycles. The first-order valence-electron chi connectivity index (χ1n) is 7.80. The van der Waals surface area contributed by atoms with Crippen molar-refractivity contribution in [2.45, 2.75) is 25.3 Å². The molecule has 3 amide bonds. The highest BCUT2D eigenvalue weighted by atomic mass is 32.1. The van der Waals surface area contributed by atoms with E-state index in [0.29, 0.717) is 23.7 Å². The van der Waals surface area contributed by atoms with E-state index in [1.54, 1.807) is 7.11 Å². The normalized spacial score (nSPS) is 21.4. The van der Waals surface area contributed by atoms with Gasteiger partial charge in [-0.2, -0.15) is 0 Å². The van der Waals surface area contributed by atoms with Crippen LogP contribution >= 0.6 is 11.3 Å². The molecule has 0 saturated heterocycles. The van der Waals surface area contributed by atoms with Crippen LogP contribution < -0.4 is 16.0 Å². The standard InChI is InChI=1S/C16H21N3O3S/c1-22-9-11-13(15(20)17-8-10-4-2-5-10)14(19-16(21)18-11)12-6-3-7-23-12/h3,6-7,10,14H,2,4-5,8-9H2,1H3,(H,17,20)(H2,18,19,21). The summed E-state index contributed by atoms with van der Waals surface area (Å²) in [6, 6.07) is 3.08. The molecule has 1 aromatic heterocycles. The Kier molecular flexibility index (Phi) is 4.97. The number of amides is 3. The van der Waals surface area contributed by atoms with Gasteiger partial charge in [-0.3, -0.25) is 4.79 Å². The average Bonchev–Trinajstić information content (AvgIpc) is 2.99. The zero-order valence-electron chi connectivity index (χ0n) is 13.1. The second-order valence-corrected chi connectivity index (χ2v) is 6.86. The zero-order chi connectivity index (χ0) is 16.2. The maximum Gasteiger partial charge on any atom is 0.319 e. The number of hydrogen-bond donors (Lipinski definition) is 3. The highest BCUT2D eigenvalue weighted by Crippen LogP contribution is 2.30. The van der Waals surface area contributed by atoms with Crippen LogP contribution in [0.3, 0.4) is 0 Å². The van der Waals surface area contributed by atoms with Crippen molar-refractivity contribution >= 4 is 23.3 Å². The van der Waals surface area contributed by atoms with Crippen LogP contribution in [0.2, 0.25) is 0 Å². The van der Waals surface area contributed by atoms with E-state index in [4.69, 9.17) is 4.74 Å². The van der Waals surface area contributed by atoms with Gasteiger partial charge in [-0.05, 0) is 30.2 Å². The van der Waals surface area contributed by atoms with E-state index in [9.17, 15) is 9.59 Å². The number of thiophene rings is 1. The molecule has 124 valence electrons. The number of nitrogens with one attached hydrogen (secondary N) is 3.